The summed E-state index contributed by atoms with van der Waals surface area (Å²) in [6.07, 6.45) is 1.93. The fraction of sp³-hybridized carbons (Fsp3) is 0.909. The van der Waals surface area contributed by atoms with Crippen molar-refractivity contribution in [2.24, 2.45) is 0 Å². The Kier molecular flexibility index (Phi) is 6.70. The summed E-state index contributed by atoms with van der Waals surface area (Å²) in [5.74, 6) is -0.802. The number of ether oxygens (including phenoxy) is 1. The molecule has 1 fully saturated rings. The van der Waals surface area contributed by atoms with Crippen LogP contribution in [0.3, 0.4) is 0 Å². The molecule has 0 bridgehead atoms. The van der Waals surface area contributed by atoms with Gasteiger partial charge in [0.1, 0.15) is 6.04 Å². The average Bonchev–Trinajstić information content (AvgIpc) is 2.77. The first-order valence-corrected chi connectivity index (χ1v) is 8.04. The fourth-order valence-corrected chi connectivity index (χ4v) is 3.23. The highest BCUT2D eigenvalue weighted by Gasteiger charge is 2.29. The fourth-order valence-electron chi connectivity index (χ4n) is 2.18. The van der Waals surface area contributed by atoms with Gasteiger partial charge in [-0.25, -0.2) is 13.1 Å². The lowest BCUT2D eigenvalue weighted by atomic mass is 10.2. The molecule has 1 aliphatic rings. The van der Waals surface area contributed by atoms with Crippen molar-refractivity contribution >= 4 is 16.0 Å². The van der Waals surface area contributed by atoms with E-state index in [0.29, 0.717) is 32.5 Å². The van der Waals surface area contributed by atoms with Crippen LogP contribution in [0.15, 0.2) is 0 Å². The van der Waals surface area contributed by atoms with Crippen LogP contribution in [0, 0.1) is 0 Å². The van der Waals surface area contributed by atoms with E-state index in [4.69, 9.17) is 9.84 Å². The second-order valence-corrected chi connectivity index (χ2v) is 6.52. The van der Waals surface area contributed by atoms with Crippen LogP contribution in [0.1, 0.15) is 19.3 Å². The summed E-state index contributed by atoms with van der Waals surface area (Å²) in [6.45, 7) is 1.80. The highest BCUT2D eigenvalue weighted by molar-refractivity contribution is 7.89. The first kappa shape index (κ1) is 16.4. The Morgan fingerprint density at radius 2 is 2.26 bits per heavy atom. The maximum Gasteiger partial charge on any atom is 0.320 e. The number of nitrogens with one attached hydrogen (secondary N) is 1. The van der Waals surface area contributed by atoms with E-state index in [1.54, 1.807) is 4.90 Å². The van der Waals surface area contributed by atoms with Crippen LogP contribution in [0.2, 0.25) is 0 Å². The molecule has 1 atom stereocenters. The van der Waals surface area contributed by atoms with Crippen molar-refractivity contribution in [2.45, 2.75) is 25.3 Å². The third-order valence-electron chi connectivity index (χ3n) is 3.13. The van der Waals surface area contributed by atoms with Gasteiger partial charge in [-0.2, -0.15) is 0 Å². The van der Waals surface area contributed by atoms with Crippen molar-refractivity contribution in [3.05, 3.63) is 0 Å². The number of carbonyl (C=O) groups is 1. The molecule has 0 aromatic heterocycles. The SMILES string of the molecule is COCCCS(=O)(=O)NCCN1CCC[C@H]1C(=O)O. The summed E-state index contributed by atoms with van der Waals surface area (Å²) in [4.78, 5) is 12.8. The molecule has 0 aliphatic carbocycles. The molecule has 0 saturated carbocycles. The lowest BCUT2D eigenvalue weighted by Gasteiger charge is -2.20. The average molecular weight is 294 g/mol. The van der Waals surface area contributed by atoms with E-state index in [2.05, 4.69) is 4.72 Å². The minimum atomic E-state index is -3.29. The number of nitrogens with zero attached hydrogens (tertiary/aromatic N) is 1. The van der Waals surface area contributed by atoms with Crippen molar-refractivity contribution in [3.63, 3.8) is 0 Å². The maximum atomic E-state index is 11.6. The number of hydrogen-bond acceptors (Lipinski definition) is 5. The van der Waals surface area contributed by atoms with Crippen LogP contribution in [-0.2, 0) is 19.6 Å². The Morgan fingerprint density at radius 1 is 1.53 bits per heavy atom. The zero-order chi connectivity index (χ0) is 14.3. The monoisotopic (exact) mass is 294 g/mol. The highest BCUT2D eigenvalue weighted by Crippen LogP contribution is 2.16. The molecule has 8 heteroatoms. The molecule has 0 radical (unpaired) electrons. The van der Waals surface area contributed by atoms with E-state index < -0.39 is 22.0 Å². The van der Waals surface area contributed by atoms with Crippen molar-refractivity contribution in [1.29, 1.82) is 0 Å². The molecule has 0 amide bonds. The predicted octanol–water partition coefficient (Wildman–Crippen LogP) is -0.509. The molecule has 0 aromatic rings. The van der Waals surface area contributed by atoms with Crippen LogP contribution in [0.5, 0.6) is 0 Å². The zero-order valence-electron chi connectivity index (χ0n) is 11.2. The molecular formula is C11H22N2O5S. The summed E-state index contributed by atoms with van der Waals surface area (Å²) in [6, 6.07) is -0.474. The number of rotatable bonds is 9. The van der Waals surface area contributed by atoms with Crippen molar-refractivity contribution in [3.8, 4) is 0 Å². The lowest BCUT2D eigenvalue weighted by Crippen LogP contribution is -2.41. The molecule has 1 saturated heterocycles. The number of likely N-dealkylation sites (tertiary alicyclic amines) is 1. The third kappa shape index (κ3) is 5.85. The maximum absolute atomic E-state index is 11.6. The highest BCUT2D eigenvalue weighted by atomic mass is 32.2. The van der Waals surface area contributed by atoms with Gasteiger partial charge in [0.15, 0.2) is 0 Å². The van der Waals surface area contributed by atoms with E-state index in [0.717, 1.165) is 6.42 Å². The quantitative estimate of drug-likeness (QED) is 0.556. The van der Waals surface area contributed by atoms with E-state index in [1.807, 2.05) is 0 Å². The van der Waals surface area contributed by atoms with Gasteiger partial charge in [0.2, 0.25) is 10.0 Å². The Labute approximate surface area is 114 Å². The molecule has 19 heavy (non-hydrogen) atoms. The summed E-state index contributed by atoms with van der Waals surface area (Å²) in [7, 11) is -1.76. The van der Waals surface area contributed by atoms with Gasteiger partial charge in [-0.05, 0) is 25.8 Å². The molecule has 1 aliphatic heterocycles. The first-order valence-electron chi connectivity index (χ1n) is 6.39. The number of carboxylic acids is 1. The van der Waals surface area contributed by atoms with Crippen molar-refractivity contribution in [1.82, 2.24) is 9.62 Å². The molecular weight excluding hydrogens is 272 g/mol. The van der Waals surface area contributed by atoms with Crippen LogP contribution in [-0.4, -0.2) is 69.5 Å². The second kappa shape index (κ2) is 7.78. The minimum absolute atomic E-state index is 0.0310. The number of carboxylic acid groups (broad SMARTS) is 1. The number of hydrogen-bond donors (Lipinski definition) is 2. The van der Waals surface area contributed by atoms with Gasteiger partial charge < -0.3 is 9.84 Å². The number of aliphatic carboxylic acids is 1. The van der Waals surface area contributed by atoms with Gasteiger partial charge in [0.05, 0.1) is 5.75 Å². The Morgan fingerprint density at radius 3 is 2.89 bits per heavy atom. The normalized spacial score (nSPS) is 20.8. The van der Waals surface area contributed by atoms with Crippen LogP contribution in [0.4, 0.5) is 0 Å². The van der Waals surface area contributed by atoms with Crippen LogP contribution >= 0.6 is 0 Å². The third-order valence-corrected chi connectivity index (χ3v) is 4.60. The number of sulfonamides is 1. The van der Waals surface area contributed by atoms with Gasteiger partial charge in [0.25, 0.3) is 0 Å². The van der Waals surface area contributed by atoms with Gasteiger partial charge >= 0.3 is 5.97 Å². The molecule has 0 aromatic carbocycles. The largest absolute Gasteiger partial charge is 0.480 e. The molecule has 0 spiro atoms. The summed E-state index contributed by atoms with van der Waals surface area (Å²) < 4.78 is 30.5. The second-order valence-electron chi connectivity index (χ2n) is 4.59. The first-order chi connectivity index (χ1) is 8.96. The Balaban J connectivity index is 2.27. The van der Waals surface area contributed by atoms with Crippen LogP contribution in [0.25, 0.3) is 0 Å². The minimum Gasteiger partial charge on any atom is -0.480 e. The van der Waals surface area contributed by atoms with Gasteiger partial charge in [-0.15, -0.1) is 0 Å². The summed E-state index contributed by atoms with van der Waals surface area (Å²) >= 11 is 0. The smallest absolute Gasteiger partial charge is 0.320 e. The molecule has 1 heterocycles. The predicted molar refractivity (Wildman–Crippen MR) is 70.5 cm³/mol. The van der Waals surface area contributed by atoms with E-state index in [9.17, 15) is 13.2 Å². The summed E-state index contributed by atoms with van der Waals surface area (Å²) in [5, 5.41) is 8.99. The standard InChI is InChI=1S/C11H22N2O5S/c1-18-8-3-9-19(16,17)12-5-7-13-6-2-4-10(13)11(14)15/h10,12H,2-9H2,1H3,(H,14,15)/t10-/m0/s1. The molecule has 7 nitrogen and oxygen atoms in total. The van der Waals surface area contributed by atoms with Gasteiger partial charge in [-0.3, -0.25) is 9.69 Å². The summed E-state index contributed by atoms with van der Waals surface area (Å²) in [5.41, 5.74) is 0. The molecule has 2 N–H and O–H groups in total. The van der Waals surface area contributed by atoms with Crippen LogP contribution < -0.4 is 4.72 Å². The Bertz CT molecular complexity index is 385. The van der Waals surface area contributed by atoms with Crippen molar-refractivity contribution < 1.29 is 23.1 Å². The van der Waals surface area contributed by atoms with Gasteiger partial charge in [0, 0.05) is 26.8 Å². The molecule has 1 rings (SSSR count). The number of methoxy groups -OCH3 is 1. The molecule has 0 unspecified atom stereocenters. The Hall–Kier alpha value is -0.700. The van der Waals surface area contributed by atoms with E-state index in [1.165, 1.54) is 7.11 Å². The lowest BCUT2D eigenvalue weighted by molar-refractivity contribution is -0.142. The van der Waals surface area contributed by atoms with E-state index >= 15 is 0 Å². The molecule has 112 valence electrons. The van der Waals surface area contributed by atoms with E-state index in [-0.39, 0.29) is 12.3 Å². The topological polar surface area (TPSA) is 95.9 Å². The van der Waals surface area contributed by atoms with Crippen molar-refractivity contribution in [2.75, 3.05) is 39.1 Å². The zero-order valence-corrected chi connectivity index (χ0v) is 12.0. The van der Waals surface area contributed by atoms with Gasteiger partial charge in [-0.1, -0.05) is 0 Å².